The van der Waals surface area contributed by atoms with Crippen LogP contribution < -0.4 is 5.69 Å². The van der Waals surface area contributed by atoms with Crippen LogP contribution in [0.1, 0.15) is 18.3 Å². The van der Waals surface area contributed by atoms with Crippen molar-refractivity contribution >= 4 is 15.9 Å². The summed E-state index contributed by atoms with van der Waals surface area (Å²) < 4.78 is 6.05. The molecule has 0 aliphatic heterocycles. The Balaban J connectivity index is 2.40. The van der Waals surface area contributed by atoms with Crippen LogP contribution in [-0.2, 0) is 27.1 Å². The number of hydrogen-bond donors (Lipinski definition) is 0. The van der Waals surface area contributed by atoms with E-state index in [2.05, 4.69) is 28.0 Å². The summed E-state index contributed by atoms with van der Waals surface area (Å²) in [7, 11) is 3.64. The molecule has 17 heavy (non-hydrogen) atoms. The molecule has 0 aromatic carbocycles. The third-order valence-corrected chi connectivity index (χ3v) is 3.76. The second-order valence-corrected chi connectivity index (χ2v) is 4.80. The number of aryl methyl sites for hydroxylation is 3. The molecule has 0 radical (unpaired) electrons. The van der Waals surface area contributed by atoms with Gasteiger partial charge in [-0.1, -0.05) is 6.92 Å². The van der Waals surface area contributed by atoms with Gasteiger partial charge >= 0.3 is 5.69 Å². The Labute approximate surface area is 108 Å². The van der Waals surface area contributed by atoms with E-state index in [0.29, 0.717) is 6.54 Å². The first-order valence-electron chi connectivity index (χ1n) is 5.46. The molecular formula is C11H15BrN4O. The zero-order valence-electron chi connectivity index (χ0n) is 10.1. The smallest absolute Gasteiger partial charge is 0.302 e. The van der Waals surface area contributed by atoms with E-state index in [0.717, 1.165) is 22.3 Å². The number of imidazole rings is 1. The molecule has 92 valence electrons. The van der Waals surface area contributed by atoms with E-state index in [1.54, 1.807) is 28.6 Å². The van der Waals surface area contributed by atoms with Crippen LogP contribution in [0.2, 0.25) is 0 Å². The SMILES string of the molecule is CCc1nn(C)c(Cn2ccn(C)c2=O)c1Br. The monoisotopic (exact) mass is 298 g/mol. The van der Waals surface area contributed by atoms with E-state index in [9.17, 15) is 4.79 Å². The Morgan fingerprint density at radius 2 is 2.06 bits per heavy atom. The molecule has 0 bridgehead atoms. The van der Waals surface area contributed by atoms with E-state index in [1.165, 1.54) is 0 Å². The van der Waals surface area contributed by atoms with Crippen LogP contribution in [0.5, 0.6) is 0 Å². The third kappa shape index (κ3) is 2.09. The molecule has 2 rings (SSSR count). The van der Waals surface area contributed by atoms with E-state index in [4.69, 9.17) is 0 Å². The number of nitrogens with zero attached hydrogens (tertiary/aromatic N) is 4. The molecule has 2 aromatic heterocycles. The normalized spacial score (nSPS) is 11.1. The number of hydrogen-bond acceptors (Lipinski definition) is 2. The van der Waals surface area contributed by atoms with Crippen LogP contribution in [0.4, 0.5) is 0 Å². The van der Waals surface area contributed by atoms with Gasteiger partial charge < -0.3 is 4.57 Å². The highest BCUT2D eigenvalue weighted by Gasteiger charge is 2.13. The highest BCUT2D eigenvalue weighted by molar-refractivity contribution is 9.10. The largest absolute Gasteiger partial charge is 0.328 e. The lowest BCUT2D eigenvalue weighted by molar-refractivity contribution is 0.638. The summed E-state index contributed by atoms with van der Waals surface area (Å²) in [6.45, 7) is 2.59. The van der Waals surface area contributed by atoms with Gasteiger partial charge in [-0.3, -0.25) is 9.25 Å². The second-order valence-electron chi connectivity index (χ2n) is 4.00. The molecule has 6 heteroatoms. The van der Waals surface area contributed by atoms with Crippen LogP contribution in [-0.4, -0.2) is 18.9 Å². The Morgan fingerprint density at radius 1 is 1.35 bits per heavy atom. The van der Waals surface area contributed by atoms with E-state index in [1.807, 2.05) is 11.7 Å². The van der Waals surface area contributed by atoms with Gasteiger partial charge in [-0.25, -0.2) is 4.79 Å². The fraction of sp³-hybridized carbons (Fsp3) is 0.455. The summed E-state index contributed by atoms with van der Waals surface area (Å²) in [5.74, 6) is 0. The molecule has 0 aliphatic rings. The Hall–Kier alpha value is -1.30. The molecular weight excluding hydrogens is 284 g/mol. The Kier molecular flexibility index (Phi) is 3.24. The van der Waals surface area contributed by atoms with Crippen LogP contribution in [0.3, 0.4) is 0 Å². The van der Waals surface area contributed by atoms with Gasteiger partial charge in [-0.15, -0.1) is 0 Å². The maximum atomic E-state index is 11.8. The summed E-state index contributed by atoms with van der Waals surface area (Å²) in [6, 6.07) is 0. The zero-order chi connectivity index (χ0) is 12.6. The highest BCUT2D eigenvalue weighted by Crippen LogP contribution is 2.21. The topological polar surface area (TPSA) is 44.8 Å². The van der Waals surface area contributed by atoms with Crippen molar-refractivity contribution < 1.29 is 0 Å². The van der Waals surface area contributed by atoms with Crippen molar-refractivity contribution in [1.29, 1.82) is 0 Å². The molecule has 0 unspecified atom stereocenters. The lowest BCUT2D eigenvalue weighted by Crippen LogP contribution is -2.23. The average Bonchev–Trinajstić information content (AvgIpc) is 2.76. The molecule has 0 spiro atoms. The van der Waals surface area contributed by atoms with Crippen molar-refractivity contribution in [3.63, 3.8) is 0 Å². The fourth-order valence-electron chi connectivity index (χ4n) is 1.78. The van der Waals surface area contributed by atoms with Crippen molar-refractivity contribution in [2.75, 3.05) is 0 Å². The third-order valence-electron chi connectivity index (χ3n) is 2.84. The van der Waals surface area contributed by atoms with Crippen molar-refractivity contribution in [2.24, 2.45) is 14.1 Å². The van der Waals surface area contributed by atoms with E-state index >= 15 is 0 Å². The number of rotatable bonds is 3. The van der Waals surface area contributed by atoms with Crippen molar-refractivity contribution in [2.45, 2.75) is 19.9 Å². The summed E-state index contributed by atoms with van der Waals surface area (Å²) in [6.07, 6.45) is 4.42. The van der Waals surface area contributed by atoms with Gasteiger partial charge in [0.1, 0.15) is 0 Å². The fourth-order valence-corrected chi connectivity index (χ4v) is 2.53. The van der Waals surface area contributed by atoms with Crippen molar-refractivity contribution in [1.82, 2.24) is 18.9 Å². The molecule has 0 N–H and O–H groups in total. The van der Waals surface area contributed by atoms with Crippen LogP contribution in [0.25, 0.3) is 0 Å². The lowest BCUT2D eigenvalue weighted by atomic mass is 10.3. The van der Waals surface area contributed by atoms with Gasteiger partial charge in [-0.05, 0) is 22.4 Å². The van der Waals surface area contributed by atoms with Crippen LogP contribution in [0.15, 0.2) is 21.7 Å². The van der Waals surface area contributed by atoms with Gasteiger partial charge in [0.2, 0.25) is 0 Å². The van der Waals surface area contributed by atoms with Gasteiger partial charge in [0, 0.05) is 26.5 Å². The minimum atomic E-state index is -0.0175. The van der Waals surface area contributed by atoms with Crippen LogP contribution >= 0.6 is 15.9 Å². The molecule has 0 fully saturated rings. The predicted octanol–water partition coefficient (Wildman–Crippen LogP) is 1.29. The first-order valence-corrected chi connectivity index (χ1v) is 6.26. The summed E-state index contributed by atoms with van der Waals surface area (Å²) in [5.41, 5.74) is 2.01. The summed E-state index contributed by atoms with van der Waals surface area (Å²) in [4.78, 5) is 11.8. The molecule has 0 atom stereocenters. The number of aromatic nitrogens is 4. The minimum absolute atomic E-state index is 0.0175. The Morgan fingerprint density at radius 3 is 2.53 bits per heavy atom. The molecule has 0 saturated heterocycles. The van der Waals surface area contributed by atoms with E-state index in [-0.39, 0.29) is 5.69 Å². The van der Waals surface area contributed by atoms with E-state index < -0.39 is 0 Å². The predicted molar refractivity (Wildman–Crippen MR) is 69.1 cm³/mol. The number of halogens is 1. The Bertz CT molecular complexity index is 593. The highest BCUT2D eigenvalue weighted by atomic mass is 79.9. The van der Waals surface area contributed by atoms with Crippen molar-refractivity contribution in [3.8, 4) is 0 Å². The summed E-state index contributed by atoms with van der Waals surface area (Å²) >= 11 is 3.55. The second kappa shape index (κ2) is 4.52. The van der Waals surface area contributed by atoms with Crippen molar-refractivity contribution in [3.05, 3.63) is 38.7 Å². The maximum absolute atomic E-state index is 11.8. The minimum Gasteiger partial charge on any atom is -0.302 e. The lowest BCUT2D eigenvalue weighted by Gasteiger charge is -2.03. The maximum Gasteiger partial charge on any atom is 0.328 e. The van der Waals surface area contributed by atoms with Gasteiger partial charge in [0.15, 0.2) is 0 Å². The van der Waals surface area contributed by atoms with Crippen LogP contribution in [0, 0.1) is 0 Å². The quantitative estimate of drug-likeness (QED) is 0.857. The molecule has 0 amide bonds. The first kappa shape index (κ1) is 12.2. The standard InChI is InChI=1S/C11H15BrN4O/c1-4-8-10(12)9(15(3)13-8)7-16-6-5-14(2)11(16)17/h5-6H,4,7H2,1-3H3. The zero-order valence-corrected chi connectivity index (χ0v) is 11.7. The van der Waals surface area contributed by atoms with Gasteiger partial charge in [-0.2, -0.15) is 5.10 Å². The van der Waals surface area contributed by atoms with Gasteiger partial charge in [0.25, 0.3) is 0 Å². The molecule has 0 saturated carbocycles. The molecule has 2 heterocycles. The molecule has 2 aromatic rings. The first-order chi connectivity index (χ1) is 8.04. The van der Waals surface area contributed by atoms with Gasteiger partial charge in [0.05, 0.1) is 22.4 Å². The summed E-state index contributed by atoms with van der Waals surface area (Å²) in [5, 5.41) is 4.41. The molecule has 5 nitrogen and oxygen atoms in total. The average molecular weight is 299 g/mol. The molecule has 0 aliphatic carbocycles.